The van der Waals surface area contributed by atoms with Crippen molar-refractivity contribution in [2.75, 3.05) is 11.9 Å². The maximum absolute atomic E-state index is 4.27. The molecule has 0 amide bonds. The summed E-state index contributed by atoms with van der Waals surface area (Å²) >= 11 is 5.30. The van der Waals surface area contributed by atoms with Gasteiger partial charge in [0.2, 0.25) is 0 Å². The summed E-state index contributed by atoms with van der Waals surface area (Å²) in [7, 11) is 0. The van der Waals surface area contributed by atoms with Gasteiger partial charge in [-0.3, -0.25) is 0 Å². The number of aromatic nitrogens is 2. The summed E-state index contributed by atoms with van der Waals surface area (Å²) in [5, 5.41) is 5.41. The van der Waals surface area contributed by atoms with Gasteiger partial charge in [-0.1, -0.05) is 22.9 Å². The van der Waals surface area contributed by atoms with E-state index in [-0.39, 0.29) is 0 Å². The van der Waals surface area contributed by atoms with Crippen molar-refractivity contribution in [1.82, 2.24) is 9.97 Å². The Morgan fingerprint density at radius 3 is 3.19 bits per heavy atom. The van der Waals surface area contributed by atoms with Crippen molar-refractivity contribution in [2.45, 2.75) is 24.6 Å². The molecular weight excluding hydrogens is 286 g/mol. The predicted octanol–water partition coefficient (Wildman–Crippen LogP) is 3.67. The second-order valence-corrected chi connectivity index (χ2v) is 5.79. The minimum atomic E-state index is 0.584. The molecule has 0 aromatic carbocycles. The van der Waals surface area contributed by atoms with Crippen LogP contribution in [0, 0.1) is 0 Å². The zero-order valence-electron chi connectivity index (χ0n) is 9.11. The number of anilines is 1. The summed E-state index contributed by atoms with van der Waals surface area (Å²) in [4.78, 5) is 9.07. The smallest absolute Gasteiger partial charge is 0.147 e. The second-order valence-electron chi connectivity index (χ2n) is 3.58. The minimum Gasteiger partial charge on any atom is -0.369 e. The Kier molecular flexibility index (Phi) is 4.12. The molecule has 1 atom stereocenters. The van der Waals surface area contributed by atoms with E-state index < -0.39 is 0 Å². The van der Waals surface area contributed by atoms with Crippen LogP contribution in [0.1, 0.15) is 19.8 Å². The lowest BCUT2D eigenvalue weighted by Crippen LogP contribution is -2.08. The van der Waals surface area contributed by atoms with Crippen LogP contribution < -0.4 is 5.32 Å². The lowest BCUT2D eigenvalue weighted by atomic mass is 10.2. The van der Waals surface area contributed by atoms with Gasteiger partial charge in [0.1, 0.15) is 12.1 Å². The van der Waals surface area contributed by atoms with E-state index in [1.807, 2.05) is 11.4 Å². The van der Waals surface area contributed by atoms with Crippen LogP contribution in [-0.4, -0.2) is 21.3 Å². The quantitative estimate of drug-likeness (QED) is 0.856. The molecule has 0 saturated heterocycles. The minimum absolute atomic E-state index is 0.584. The summed E-state index contributed by atoms with van der Waals surface area (Å²) in [6.07, 6.45) is 3.87. The monoisotopic (exact) mass is 299 g/mol. The van der Waals surface area contributed by atoms with Gasteiger partial charge in [0.25, 0.3) is 0 Å². The van der Waals surface area contributed by atoms with Crippen LogP contribution in [0.25, 0.3) is 10.2 Å². The largest absolute Gasteiger partial charge is 0.369 e. The Morgan fingerprint density at radius 1 is 1.50 bits per heavy atom. The van der Waals surface area contributed by atoms with Gasteiger partial charge >= 0.3 is 0 Å². The fraction of sp³-hybridized carbons (Fsp3) is 0.455. The van der Waals surface area contributed by atoms with Crippen molar-refractivity contribution in [1.29, 1.82) is 0 Å². The highest BCUT2D eigenvalue weighted by molar-refractivity contribution is 9.09. The Morgan fingerprint density at radius 2 is 2.38 bits per heavy atom. The lowest BCUT2D eigenvalue weighted by molar-refractivity contribution is 0.773. The molecule has 0 aliphatic heterocycles. The zero-order chi connectivity index (χ0) is 11.4. The molecule has 0 bridgehead atoms. The molecule has 1 unspecified atom stereocenters. The molecule has 3 nitrogen and oxygen atoms in total. The standard InChI is InChI=1S/C11H14BrN3S/c1-2-8(12)3-5-13-11-10-9(4-6-16-10)14-7-15-11/h4,6-8H,2-3,5H2,1H3,(H,13,14,15). The number of alkyl halides is 1. The van der Waals surface area contributed by atoms with Gasteiger partial charge in [0.05, 0.1) is 10.2 Å². The van der Waals surface area contributed by atoms with E-state index >= 15 is 0 Å². The number of rotatable bonds is 5. The first-order valence-corrected chi connectivity index (χ1v) is 7.17. The number of hydrogen-bond acceptors (Lipinski definition) is 4. The SMILES string of the molecule is CCC(Br)CCNc1ncnc2ccsc12. The van der Waals surface area contributed by atoms with Crippen LogP contribution in [0.4, 0.5) is 5.82 Å². The molecule has 16 heavy (non-hydrogen) atoms. The van der Waals surface area contributed by atoms with E-state index in [1.54, 1.807) is 17.7 Å². The molecule has 2 heterocycles. The number of nitrogens with zero attached hydrogens (tertiary/aromatic N) is 2. The number of nitrogens with one attached hydrogen (secondary N) is 1. The van der Waals surface area contributed by atoms with E-state index in [4.69, 9.17) is 0 Å². The number of halogens is 1. The number of thiophene rings is 1. The zero-order valence-corrected chi connectivity index (χ0v) is 11.5. The van der Waals surface area contributed by atoms with E-state index in [2.05, 4.69) is 38.1 Å². The molecule has 0 saturated carbocycles. The van der Waals surface area contributed by atoms with E-state index in [1.165, 1.54) is 0 Å². The van der Waals surface area contributed by atoms with Gasteiger partial charge in [-0.05, 0) is 24.3 Å². The van der Waals surface area contributed by atoms with Gasteiger partial charge in [-0.15, -0.1) is 11.3 Å². The van der Waals surface area contributed by atoms with Crippen molar-refractivity contribution in [2.24, 2.45) is 0 Å². The fourth-order valence-corrected chi connectivity index (χ4v) is 2.51. The van der Waals surface area contributed by atoms with Crippen molar-refractivity contribution >= 4 is 43.3 Å². The van der Waals surface area contributed by atoms with Crippen LogP contribution >= 0.6 is 27.3 Å². The van der Waals surface area contributed by atoms with Crippen LogP contribution in [0.15, 0.2) is 17.8 Å². The molecule has 5 heteroatoms. The van der Waals surface area contributed by atoms with Gasteiger partial charge in [0.15, 0.2) is 0 Å². The predicted molar refractivity (Wildman–Crippen MR) is 73.5 cm³/mol. The van der Waals surface area contributed by atoms with Crippen LogP contribution in [0.5, 0.6) is 0 Å². The summed E-state index contributed by atoms with van der Waals surface area (Å²) in [5.74, 6) is 0.954. The highest BCUT2D eigenvalue weighted by Gasteiger charge is 2.05. The Hall–Kier alpha value is -0.680. The lowest BCUT2D eigenvalue weighted by Gasteiger charge is -2.08. The third-order valence-corrected chi connectivity index (χ3v) is 4.45. The number of hydrogen-bond donors (Lipinski definition) is 1. The third-order valence-electron chi connectivity index (χ3n) is 2.44. The van der Waals surface area contributed by atoms with Crippen molar-refractivity contribution in [3.05, 3.63) is 17.8 Å². The van der Waals surface area contributed by atoms with Crippen molar-refractivity contribution < 1.29 is 0 Å². The molecule has 2 rings (SSSR count). The Labute approximate surface area is 107 Å². The van der Waals surface area contributed by atoms with E-state index in [9.17, 15) is 0 Å². The van der Waals surface area contributed by atoms with Gasteiger partial charge in [-0.25, -0.2) is 9.97 Å². The molecule has 0 aliphatic carbocycles. The molecule has 86 valence electrons. The summed E-state index contributed by atoms with van der Waals surface area (Å²) in [5.41, 5.74) is 1.02. The molecular formula is C11H14BrN3S. The maximum atomic E-state index is 4.27. The Bertz CT molecular complexity index is 457. The molecule has 0 spiro atoms. The van der Waals surface area contributed by atoms with E-state index in [0.29, 0.717) is 4.83 Å². The highest BCUT2D eigenvalue weighted by Crippen LogP contribution is 2.24. The average Bonchev–Trinajstić information content (AvgIpc) is 2.77. The molecule has 2 aromatic heterocycles. The molecule has 0 radical (unpaired) electrons. The highest BCUT2D eigenvalue weighted by atomic mass is 79.9. The summed E-state index contributed by atoms with van der Waals surface area (Å²) in [6, 6.07) is 2.02. The number of fused-ring (bicyclic) bond motifs is 1. The van der Waals surface area contributed by atoms with Gasteiger partial charge < -0.3 is 5.32 Å². The second kappa shape index (κ2) is 5.59. The Balaban J connectivity index is 2.01. The first kappa shape index (κ1) is 11.8. The van der Waals surface area contributed by atoms with Crippen LogP contribution in [-0.2, 0) is 0 Å². The maximum Gasteiger partial charge on any atom is 0.147 e. The average molecular weight is 300 g/mol. The van der Waals surface area contributed by atoms with Crippen molar-refractivity contribution in [3.8, 4) is 0 Å². The normalized spacial score (nSPS) is 12.9. The van der Waals surface area contributed by atoms with E-state index in [0.717, 1.165) is 35.4 Å². The summed E-state index contributed by atoms with van der Waals surface area (Å²) < 4.78 is 1.14. The first-order valence-electron chi connectivity index (χ1n) is 5.37. The molecule has 2 aromatic rings. The third kappa shape index (κ3) is 2.71. The first-order chi connectivity index (χ1) is 7.81. The van der Waals surface area contributed by atoms with Gasteiger partial charge in [0, 0.05) is 11.4 Å². The topological polar surface area (TPSA) is 37.8 Å². The summed E-state index contributed by atoms with van der Waals surface area (Å²) in [6.45, 7) is 3.12. The fourth-order valence-electron chi connectivity index (χ4n) is 1.47. The molecule has 0 aliphatic rings. The molecule has 1 N–H and O–H groups in total. The van der Waals surface area contributed by atoms with Crippen LogP contribution in [0.3, 0.4) is 0 Å². The van der Waals surface area contributed by atoms with Crippen LogP contribution in [0.2, 0.25) is 0 Å². The molecule has 0 fully saturated rings. The van der Waals surface area contributed by atoms with Crippen molar-refractivity contribution in [3.63, 3.8) is 0 Å². The van der Waals surface area contributed by atoms with Gasteiger partial charge in [-0.2, -0.15) is 0 Å².